The van der Waals surface area contributed by atoms with E-state index in [1.54, 1.807) is 0 Å². The predicted molar refractivity (Wildman–Crippen MR) is 68.0 cm³/mol. The van der Waals surface area contributed by atoms with Gasteiger partial charge in [-0.15, -0.1) is 0 Å². The van der Waals surface area contributed by atoms with Gasteiger partial charge in [-0.1, -0.05) is 13.8 Å². The number of rotatable bonds is 7. The van der Waals surface area contributed by atoms with E-state index < -0.39 is 0 Å². The normalized spacial score (nSPS) is 20.5. The average Bonchev–Trinajstić information content (AvgIpc) is 2.40. The first-order valence-corrected chi connectivity index (χ1v) is 6.60. The van der Waals surface area contributed by atoms with Crippen molar-refractivity contribution in [2.24, 2.45) is 0 Å². The number of hydrogen-bond donors (Lipinski definition) is 2. The second-order valence-electron chi connectivity index (χ2n) is 4.24. The van der Waals surface area contributed by atoms with Crippen LogP contribution in [0.15, 0.2) is 0 Å². The lowest BCUT2D eigenvalue weighted by Gasteiger charge is -2.23. The molecule has 1 rings (SSSR count). The molecule has 0 aliphatic carbocycles. The lowest BCUT2D eigenvalue weighted by atomic mass is 10.3. The minimum Gasteiger partial charge on any atom is -0.366 e. The van der Waals surface area contributed by atoms with Gasteiger partial charge in [-0.3, -0.25) is 4.79 Å². The molecule has 0 unspecified atom stereocenters. The van der Waals surface area contributed by atoms with Crippen molar-refractivity contribution in [2.45, 2.75) is 26.4 Å². The zero-order chi connectivity index (χ0) is 12.5. The number of hydrogen-bond acceptors (Lipinski definition) is 4. The van der Waals surface area contributed by atoms with Crippen LogP contribution >= 0.6 is 0 Å². The number of nitrogens with one attached hydrogen (secondary N) is 2. The molecule has 0 aromatic heterocycles. The summed E-state index contributed by atoms with van der Waals surface area (Å²) in [5.41, 5.74) is 0. The number of carbonyl (C=O) groups is 1. The Balaban J connectivity index is 2.07. The maximum Gasteiger partial charge on any atom is 0.250 e. The fourth-order valence-electron chi connectivity index (χ4n) is 1.90. The van der Waals surface area contributed by atoms with Crippen LogP contribution in [0.1, 0.15) is 20.3 Å². The summed E-state index contributed by atoms with van der Waals surface area (Å²) < 4.78 is 5.38. The van der Waals surface area contributed by atoms with Gasteiger partial charge in [0.05, 0.1) is 6.61 Å². The summed E-state index contributed by atoms with van der Waals surface area (Å²) in [4.78, 5) is 14.0. The quantitative estimate of drug-likeness (QED) is 0.609. The molecule has 17 heavy (non-hydrogen) atoms. The van der Waals surface area contributed by atoms with Gasteiger partial charge in [-0.2, -0.15) is 0 Å². The molecule has 1 aliphatic rings. The molecular weight excluding hydrogens is 218 g/mol. The average molecular weight is 243 g/mol. The standard InChI is InChI=1S/C12H25N3O2/c1-3-15(4-2)8-5-6-14-12(16)11-10-13-7-9-17-11/h11,13H,3-10H2,1-2H3,(H,14,16)/t11-/m1/s1. The number of ether oxygens (including phenoxy) is 1. The van der Waals surface area contributed by atoms with Crippen molar-refractivity contribution in [3.05, 3.63) is 0 Å². The van der Waals surface area contributed by atoms with Gasteiger partial charge >= 0.3 is 0 Å². The summed E-state index contributed by atoms with van der Waals surface area (Å²) in [6.45, 7) is 10.3. The zero-order valence-corrected chi connectivity index (χ0v) is 11.0. The summed E-state index contributed by atoms with van der Waals surface area (Å²) in [5.74, 6) is 0.0109. The van der Waals surface area contributed by atoms with E-state index in [4.69, 9.17) is 4.74 Å². The largest absolute Gasteiger partial charge is 0.366 e. The molecule has 0 radical (unpaired) electrons. The van der Waals surface area contributed by atoms with Gasteiger partial charge in [0.1, 0.15) is 6.10 Å². The third-order valence-electron chi connectivity index (χ3n) is 3.06. The van der Waals surface area contributed by atoms with Crippen molar-refractivity contribution in [1.29, 1.82) is 0 Å². The highest BCUT2D eigenvalue weighted by atomic mass is 16.5. The third-order valence-corrected chi connectivity index (χ3v) is 3.06. The van der Waals surface area contributed by atoms with Crippen molar-refractivity contribution in [3.8, 4) is 0 Å². The van der Waals surface area contributed by atoms with Crippen molar-refractivity contribution in [2.75, 3.05) is 45.9 Å². The van der Waals surface area contributed by atoms with Crippen molar-refractivity contribution in [1.82, 2.24) is 15.5 Å². The Bertz CT molecular complexity index is 214. The molecule has 100 valence electrons. The number of morpholine rings is 1. The summed E-state index contributed by atoms with van der Waals surface area (Å²) in [5, 5.41) is 6.07. The lowest BCUT2D eigenvalue weighted by Crippen LogP contribution is -2.48. The fourth-order valence-corrected chi connectivity index (χ4v) is 1.90. The summed E-state index contributed by atoms with van der Waals surface area (Å²) in [7, 11) is 0. The first kappa shape index (κ1) is 14.4. The van der Waals surface area contributed by atoms with E-state index in [9.17, 15) is 4.79 Å². The first-order chi connectivity index (χ1) is 8.27. The van der Waals surface area contributed by atoms with Crippen LogP contribution in [0, 0.1) is 0 Å². The van der Waals surface area contributed by atoms with Gasteiger partial charge < -0.3 is 20.3 Å². The molecule has 1 atom stereocenters. The Labute approximate surface area is 104 Å². The smallest absolute Gasteiger partial charge is 0.250 e. The Kier molecular flexibility index (Phi) is 7.16. The van der Waals surface area contributed by atoms with Crippen LogP contribution in [0.4, 0.5) is 0 Å². The van der Waals surface area contributed by atoms with Crippen molar-refractivity contribution >= 4 is 5.91 Å². The Morgan fingerprint density at radius 3 is 2.82 bits per heavy atom. The van der Waals surface area contributed by atoms with Crippen molar-refractivity contribution < 1.29 is 9.53 Å². The summed E-state index contributed by atoms with van der Waals surface area (Å²) in [6.07, 6.45) is 0.685. The summed E-state index contributed by atoms with van der Waals surface area (Å²) >= 11 is 0. The highest BCUT2D eigenvalue weighted by Crippen LogP contribution is 1.96. The molecule has 1 amide bonds. The first-order valence-electron chi connectivity index (χ1n) is 6.60. The highest BCUT2D eigenvalue weighted by molar-refractivity contribution is 5.81. The van der Waals surface area contributed by atoms with Gasteiger partial charge in [0.2, 0.25) is 5.91 Å². The van der Waals surface area contributed by atoms with E-state index in [0.29, 0.717) is 13.2 Å². The van der Waals surface area contributed by atoms with E-state index in [1.165, 1.54) is 0 Å². The third kappa shape index (κ3) is 5.48. The van der Waals surface area contributed by atoms with Crippen LogP contribution < -0.4 is 10.6 Å². The molecule has 5 heteroatoms. The molecule has 2 N–H and O–H groups in total. The second kappa shape index (κ2) is 8.44. The van der Waals surface area contributed by atoms with Crippen LogP contribution in [0.25, 0.3) is 0 Å². The molecule has 5 nitrogen and oxygen atoms in total. The lowest BCUT2D eigenvalue weighted by molar-refractivity contribution is -0.134. The van der Waals surface area contributed by atoms with Crippen LogP contribution in [0.5, 0.6) is 0 Å². The molecule has 1 aliphatic heterocycles. The minimum atomic E-state index is -0.308. The van der Waals surface area contributed by atoms with Crippen LogP contribution in [-0.4, -0.2) is 62.8 Å². The van der Waals surface area contributed by atoms with Gasteiger partial charge in [-0.25, -0.2) is 0 Å². The van der Waals surface area contributed by atoms with Crippen LogP contribution in [0.3, 0.4) is 0 Å². The van der Waals surface area contributed by atoms with Gasteiger partial charge in [0.15, 0.2) is 0 Å². The molecular formula is C12H25N3O2. The highest BCUT2D eigenvalue weighted by Gasteiger charge is 2.20. The number of amides is 1. The van der Waals surface area contributed by atoms with Gasteiger partial charge in [-0.05, 0) is 26.1 Å². The maximum atomic E-state index is 11.7. The van der Waals surface area contributed by atoms with E-state index >= 15 is 0 Å². The van der Waals surface area contributed by atoms with Crippen LogP contribution in [0.2, 0.25) is 0 Å². The number of nitrogens with zero attached hydrogens (tertiary/aromatic N) is 1. The topological polar surface area (TPSA) is 53.6 Å². The van der Waals surface area contributed by atoms with Crippen molar-refractivity contribution in [3.63, 3.8) is 0 Å². The van der Waals surface area contributed by atoms with E-state index in [1.807, 2.05) is 0 Å². The fraction of sp³-hybridized carbons (Fsp3) is 0.917. The molecule has 0 saturated carbocycles. The Morgan fingerprint density at radius 2 is 2.24 bits per heavy atom. The predicted octanol–water partition coefficient (Wildman–Crippen LogP) is -0.177. The van der Waals surface area contributed by atoms with Gasteiger partial charge in [0, 0.05) is 19.6 Å². The molecule has 0 spiro atoms. The molecule has 1 saturated heterocycles. The van der Waals surface area contributed by atoms with Crippen LogP contribution in [-0.2, 0) is 9.53 Å². The molecule has 0 bridgehead atoms. The zero-order valence-electron chi connectivity index (χ0n) is 11.0. The van der Waals surface area contributed by atoms with E-state index in [2.05, 4.69) is 29.4 Å². The Morgan fingerprint density at radius 1 is 1.47 bits per heavy atom. The monoisotopic (exact) mass is 243 g/mol. The van der Waals surface area contributed by atoms with Gasteiger partial charge in [0.25, 0.3) is 0 Å². The SMILES string of the molecule is CCN(CC)CCCNC(=O)[C@H]1CNCCO1. The molecule has 0 aromatic rings. The van der Waals surface area contributed by atoms with E-state index in [-0.39, 0.29) is 12.0 Å². The molecule has 0 aromatic carbocycles. The second-order valence-corrected chi connectivity index (χ2v) is 4.24. The minimum absolute atomic E-state index is 0.0109. The molecule has 1 heterocycles. The maximum absolute atomic E-state index is 11.7. The number of carbonyl (C=O) groups excluding carboxylic acids is 1. The van der Waals surface area contributed by atoms with E-state index in [0.717, 1.165) is 39.1 Å². The Hall–Kier alpha value is -0.650. The molecule has 1 fully saturated rings. The summed E-state index contributed by atoms with van der Waals surface area (Å²) in [6, 6.07) is 0.